The van der Waals surface area contributed by atoms with Crippen LogP contribution in [0.2, 0.25) is 0 Å². The standard InChI is InChI=1S/C13H17BrO2/c1-11(15)12-7-3-4-8-13(12)16-10-6-2-5-9-14/h3-4,7-8H,2,5-6,9-10H2,1H3. The van der Waals surface area contributed by atoms with Crippen molar-refractivity contribution in [2.75, 3.05) is 11.9 Å². The summed E-state index contributed by atoms with van der Waals surface area (Å²) >= 11 is 3.39. The van der Waals surface area contributed by atoms with E-state index in [1.165, 1.54) is 0 Å². The normalized spacial score (nSPS) is 10.1. The monoisotopic (exact) mass is 284 g/mol. The van der Waals surface area contributed by atoms with Gasteiger partial charge < -0.3 is 4.74 Å². The number of carbonyl (C=O) groups is 1. The van der Waals surface area contributed by atoms with Gasteiger partial charge in [0.05, 0.1) is 12.2 Å². The van der Waals surface area contributed by atoms with Crippen molar-refractivity contribution in [1.29, 1.82) is 0 Å². The number of unbranched alkanes of at least 4 members (excludes halogenated alkanes) is 2. The largest absolute Gasteiger partial charge is 0.493 e. The molecule has 0 fully saturated rings. The Labute approximate surface area is 105 Å². The fourth-order valence-electron chi connectivity index (χ4n) is 1.44. The SMILES string of the molecule is CC(=O)c1ccccc1OCCCCCBr. The van der Waals surface area contributed by atoms with Gasteiger partial charge in [-0.3, -0.25) is 4.79 Å². The highest BCUT2D eigenvalue weighted by atomic mass is 79.9. The molecule has 0 spiro atoms. The minimum absolute atomic E-state index is 0.0519. The molecule has 1 rings (SSSR count). The number of rotatable bonds is 7. The van der Waals surface area contributed by atoms with Gasteiger partial charge in [0, 0.05) is 5.33 Å². The van der Waals surface area contributed by atoms with E-state index in [1.54, 1.807) is 13.0 Å². The smallest absolute Gasteiger partial charge is 0.163 e. The van der Waals surface area contributed by atoms with Crippen molar-refractivity contribution in [3.63, 3.8) is 0 Å². The Hall–Kier alpha value is -0.830. The fraction of sp³-hybridized carbons (Fsp3) is 0.462. The van der Waals surface area contributed by atoms with Crippen molar-refractivity contribution in [1.82, 2.24) is 0 Å². The zero-order valence-corrected chi connectivity index (χ0v) is 11.1. The first-order chi connectivity index (χ1) is 7.75. The molecule has 0 bridgehead atoms. The van der Waals surface area contributed by atoms with Crippen LogP contribution in [-0.2, 0) is 0 Å². The molecule has 88 valence electrons. The van der Waals surface area contributed by atoms with Crippen LogP contribution in [0.1, 0.15) is 36.5 Å². The zero-order valence-electron chi connectivity index (χ0n) is 9.54. The molecule has 0 aliphatic carbocycles. The third-order valence-electron chi connectivity index (χ3n) is 2.30. The van der Waals surface area contributed by atoms with Crippen molar-refractivity contribution in [2.45, 2.75) is 26.2 Å². The molecule has 2 nitrogen and oxygen atoms in total. The summed E-state index contributed by atoms with van der Waals surface area (Å²) in [5, 5.41) is 1.04. The molecule has 0 aliphatic rings. The second-order valence-corrected chi connectivity index (χ2v) is 4.44. The van der Waals surface area contributed by atoms with E-state index in [1.807, 2.05) is 18.2 Å². The molecule has 16 heavy (non-hydrogen) atoms. The van der Waals surface area contributed by atoms with Crippen LogP contribution < -0.4 is 4.74 Å². The van der Waals surface area contributed by atoms with Gasteiger partial charge in [-0.15, -0.1) is 0 Å². The third-order valence-corrected chi connectivity index (χ3v) is 2.86. The van der Waals surface area contributed by atoms with Crippen LogP contribution in [0.4, 0.5) is 0 Å². The van der Waals surface area contributed by atoms with Crippen LogP contribution in [-0.4, -0.2) is 17.7 Å². The number of ketones is 1. The maximum Gasteiger partial charge on any atom is 0.163 e. The molecular formula is C13H17BrO2. The summed E-state index contributed by atoms with van der Waals surface area (Å²) in [5.41, 5.74) is 0.669. The van der Waals surface area contributed by atoms with Gasteiger partial charge in [-0.25, -0.2) is 0 Å². The van der Waals surface area contributed by atoms with E-state index in [2.05, 4.69) is 15.9 Å². The highest BCUT2D eigenvalue weighted by Gasteiger charge is 2.06. The lowest BCUT2D eigenvalue weighted by atomic mass is 10.1. The van der Waals surface area contributed by atoms with Crippen molar-refractivity contribution < 1.29 is 9.53 Å². The average Bonchev–Trinajstić information content (AvgIpc) is 2.29. The van der Waals surface area contributed by atoms with E-state index in [0.717, 1.165) is 24.6 Å². The van der Waals surface area contributed by atoms with Gasteiger partial charge in [-0.1, -0.05) is 28.1 Å². The summed E-state index contributed by atoms with van der Waals surface area (Å²) in [7, 11) is 0. The highest BCUT2D eigenvalue weighted by Crippen LogP contribution is 2.18. The van der Waals surface area contributed by atoms with Gasteiger partial charge in [0.2, 0.25) is 0 Å². The first-order valence-corrected chi connectivity index (χ1v) is 6.66. The number of halogens is 1. The second-order valence-electron chi connectivity index (χ2n) is 3.65. The Balaban J connectivity index is 2.44. The molecule has 0 N–H and O–H groups in total. The number of benzene rings is 1. The molecule has 0 aromatic heterocycles. The van der Waals surface area contributed by atoms with Crippen LogP contribution in [0.15, 0.2) is 24.3 Å². The number of hydrogen-bond donors (Lipinski definition) is 0. The first-order valence-electron chi connectivity index (χ1n) is 5.54. The first kappa shape index (κ1) is 13.2. The molecule has 1 aromatic carbocycles. The quantitative estimate of drug-likeness (QED) is 0.432. The van der Waals surface area contributed by atoms with Gasteiger partial charge >= 0.3 is 0 Å². The lowest BCUT2D eigenvalue weighted by Gasteiger charge is -2.09. The number of alkyl halides is 1. The number of hydrogen-bond acceptors (Lipinski definition) is 2. The van der Waals surface area contributed by atoms with Crippen molar-refractivity contribution in [2.24, 2.45) is 0 Å². The summed E-state index contributed by atoms with van der Waals surface area (Å²) in [4.78, 5) is 11.3. The summed E-state index contributed by atoms with van der Waals surface area (Å²) in [6.45, 7) is 2.24. The van der Waals surface area contributed by atoms with Crippen molar-refractivity contribution in [3.05, 3.63) is 29.8 Å². The fourth-order valence-corrected chi connectivity index (χ4v) is 1.84. The molecule has 0 radical (unpaired) electrons. The molecule has 0 heterocycles. The topological polar surface area (TPSA) is 26.3 Å². The van der Waals surface area contributed by atoms with Gasteiger partial charge in [-0.05, 0) is 38.3 Å². The van der Waals surface area contributed by atoms with Gasteiger partial charge in [0.15, 0.2) is 5.78 Å². The Kier molecular flexibility index (Phi) is 6.16. The van der Waals surface area contributed by atoms with Crippen LogP contribution in [0.5, 0.6) is 5.75 Å². The summed E-state index contributed by atoms with van der Waals surface area (Å²) in [6, 6.07) is 7.39. The second kappa shape index (κ2) is 7.44. The predicted molar refractivity (Wildman–Crippen MR) is 69.6 cm³/mol. The summed E-state index contributed by atoms with van der Waals surface area (Å²) in [6.07, 6.45) is 3.34. The van der Waals surface area contributed by atoms with Crippen molar-refractivity contribution in [3.8, 4) is 5.75 Å². The van der Waals surface area contributed by atoms with E-state index in [-0.39, 0.29) is 5.78 Å². The predicted octanol–water partition coefficient (Wildman–Crippen LogP) is 3.83. The van der Waals surface area contributed by atoms with Gasteiger partial charge in [0.1, 0.15) is 5.75 Å². The highest BCUT2D eigenvalue weighted by molar-refractivity contribution is 9.09. The van der Waals surface area contributed by atoms with Gasteiger partial charge in [-0.2, -0.15) is 0 Å². The molecule has 3 heteroatoms. The van der Waals surface area contributed by atoms with E-state index < -0.39 is 0 Å². The minimum Gasteiger partial charge on any atom is -0.493 e. The molecule has 0 amide bonds. The Morgan fingerprint density at radius 2 is 2.00 bits per heavy atom. The molecule has 0 aliphatic heterocycles. The molecule has 0 unspecified atom stereocenters. The van der Waals surface area contributed by atoms with E-state index >= 15 is 0 Å². The molecular weight excluding hydrogens is 268 g/mol. The van der Waals surface area contributed by atoms with E-state index in [0.29, 0.717) is 17.9 Å². The van der Waals surface area contributed by atoms with E-state index in [9.17, 15) is 4.79 Å². The lowest BCUT2D eigenvalue weighted by Crippen LogP contribution is -2.02. The lowest BCUT2D eigenvalue weighted by molar-refractivity contribution is 0.101. The van der Waals surface area contributed by atoms with E-state index in [4.69, 9.17) is 4.74 Å². The molecule has 0 atom stereocenters. The zero-order chi connectivity index (χ0) is 11.8. The van der Waals surface area contributed by atoms with Crippen LogP contribution in [0.25, 0.3) is 0 Å². The summed E-state index contributed by atoms with van der Waals surface area (Å²) < 4.78 is 5.61. The minimum atomic E-state index is 0.0519. The third kappa shape index (κ3) is 4.35. The van der Waals surface area contributed by atoms with Gasteiger partial charge in [0.25, 0.3) is 0 Å². The Bertz CT molecular complexity index is 336. The Morgan fingerprint density at radius 1 is 1.25 bits per heavy atom. The Morgan fingerprint density at radius 3 is 2.69 bits per heavy atom. The number of ether oxygens (including phenoxy) is 1. The van der Waals surface area contributed by atoms with Crippen molar-refractivity contribution >= 4 is 21.7 Å². The molecule has 1 aromatic rings. The van der Waals surface area contributed by atoms with Crippen LogP contribution >= 0.6 is 15.9 Å². The number of carbonyl (C=O) groups excluding carboxylic acids is 1. The average molecular weight is 285 g/mol. The maximum absolute atomic E-state index is 11.3. The van der Waals surface area contributed by atoms with Crippen LogP contribution in [0.3, 0.4) is 0 Å². The number of Topliss-reactive ketones (excluding diaryl/α,β-unsaturated/α-hetero) is 1. The molecule has 0 saturated carbocycles. The van der Waals surface area contributed by atoms with Crippen LogP contribution in [0, 0.1) is 0 Å². The molecule has 0 saturated heterocycles. The number of para-hydroxylation sites is 1. The maximum atomic E-state index is 11.3. The summed E-state index contributed by atoms with van der Waals surface area (Å²) in [5.74, 6) is 0.755.